The summed E-state index contributed by atoms with van der Waals surface area (Å²) in [5.41, 5.74) is 1.90. The fourth-order valence-electron chi connectivity index (χ4n) is 2.79. The van der Waals surface area contributed by atoms with Gasteiger partial charge in [0, 0.05) is 37.7 Å². The summed E-state index contributed by atoms with van der Waals surface area (Å²) in [6.07, 6.45) is 6.77. The van der Waals surface area contributed by atoms with Gasteiger partial charge < -0.3 is 14.8 Å². The van der Waals surface area contributed by atoms with E-state index in [0.717, 1.165) is 49.7 Å². The van der Waals surface area contributed by atoms with Crippen LogP contribution in [-0.4, -0.2) is 30.7 Å². The molecule has 25 heavy (non-hydrogen) atoms. The molecule has 5 nitrogen and oxygen atoms in total. The van der Waals surface area contributed by atoms with Crippen LogP contribution >= 0.6 is 0 Å². The molecule has 1 N–H and O–H groups in total. The van der Waals surface area contributed by atoms with Crippen LogP contribution in [0.3, 0.4) is 0 Å². The van der Waals surface area contributed by atoms with Gasteiger partial charge in [-0.1, -0.05) is 0 Å². The lowest BCUT2D eigenvalue weighted by atomic mass is 10.0. The molecule has 5 heteroatoms. The van der Waals surface area contributed by atoms with Crippen molar-refractivity contribution >= 4 is 11.6 Å². The van der Waals surface area contributed by atoms with Crippen molar-refractivity contribution in [3.8, 4) is 5.75 Å². The third-order valence-electron chi connectivity index (χ3n) is 4.35. The Balaban J connectivity index is 1.41. The molecule has 1 fully saturated rings. The van der Waals surface area contributed by atoms with E-state index in [9.17, 15) is 4.79 Å². The summed E-state index contributed by atoms with van der Waals surface area (Å²) in [5.74, 6) is 1.41. The predicted octanol–water partition coefficient (Wildman–Crippen LogP) is 3.46. The first-order valence-electron chi connectivity index (χ1n) is 8.79. The molecule has 2 aromatic rings. The summed E-state index contributed by atoms with van der Waals surface area (Å²) in [6.45, 7) is 2.39. The van der Waals surface area contributed by atoms with Crippen molar-refractivity contribution in [3.63, 3.8) is 0 Å². The van der Waals surface area contributed by atoms with Gasteiger partial charge in [0.1, 0.15) is 5.75 Å². The van der Waals surface area contributed by atoms with Gasteiger partial charge in [-0.15, -0.1) is 0 Å². The van der Waals surface area contributed by atoms with Crippen LogP contribution in [-0.2, 0) is 16.0 Å². The molecule has 132 valence electrons. The van der Waals surface area contributed by atoms with E-state index in [0.29, 0.717) is 18.8 Å². The molecule has 0 aliphatic carbocycles. The van der Waals surface area contributed by atoms with E-state index in [4.69, 9.17) is 9.47 Å². The number of nitrogens with zero attached hydrogens (tertiary/aromatic N) is 1. The molecule has 3 rings (SSSR count). The van der Waals surface area contributed by atoms with E-state index >= 15 is 0 Å². The normalized spacial score (nSPS) is 14.9. The van der Waals surface area contributed by atoms with Crippen molar-refractivity contribution in [2.24, 2.45) is 5.92 Å². The second kappa shape index (κ2) is 9.18. The minimum Gasteiger partial charge on any atom is -0.493 e. The summed E-state index contributed by atoms with van der Waals surface area (Å²) in [7, 11) is 0. The SMILES string of the molecule is O=C(CCc1ccncc1)Nc1ccc(OCC2CCOCC2)cc1. The number of anilines is 1. The highest BCUT2D eigenvalue weighted by molar-refractivity contribution is 5.90. The number of aromatic nitrogens is 1. The van der Waals surface area contributed by atoms with Crippen molar-refractivity contribution in [3.05, 3.63) is 54.4 Å². The first-order chi connectivity index (χ1) is 12.3. The number of carbonyl (C=O) groups is 1. The zero-order valence-corrected chi connectivity index (χ0v) is 14.3. The number of carbonyl (C=O) groups excluding carboxylic acids is 1. The van der Waals surface area contributed by atoms with Gasteiger partial charge in [0.2, 0.25) is 5.91 Å². The highest BCUT2D eigenvalue weighted by atomic mass is 16.5. The van der Waals surface area contributed by atoms with Crippen molar-refractivity contribution in [2.45, 2.75) is 25.7 Å². The van der Waals surface area contributed by atoms with E-state index in [1.54, 1.807) is 12.4 Å². The minimum absolute atomic E-state index is 0.00712. The zero-order valence-electron chi connectivity index (χ0n) is 14.3. The monoisotopic (exact) mass is 340 g/mol. The molecule has 1 aromatic carbocycles. The van der Waals surface area contributed by atoms with Gasteiger partial charge in [0.25, 0.3) is 0 Å². The molecular weight excluding hydrogens is 316 g/mol. The first kappa shape index (κ1) is 17.4. The molecule has 0 atom stereocenters. The molecule has 0 bridgehead atoms. The number of nitrogens with one attached hydrogen (secondary N) is 1. The molecule has 0 unspecified atom stereocenters. The Labute approximate surface area is 148 Å². The Morgan fingerprint density at radius 2 is 1.84 bits per heavy atom. The Kier molecular flexibility index (Phi) is 6.40. The topological polar surface area (TPSA) is 60.5 Å². The van der Waals surface area contributed by atoms with Gasteiger partial charge in [-0.3, -0.25) is 9.78 Å². The maximum absolute atomic E-state index is 12.0. The third-order valence-corrected chi connectivity index (χ3v) is 4.35. The van der Waals surface area contributed by atoms with Crippen LogP contribution in [0.5, 0.6) is 5.75 Å². The molecule has 0 radical (unpaired) electrons. The zero-order chi connectivity index (χ0) is 17.3. The molecule has 1 amide bonds. The van der Waals surface area contributed by atoms with Crippen LogP contribution in [0.4, 0.5) is 5.69 Å². The van der Waals surface area contributed by atoms with E-state index in [1.807, 2.05) is 36.4 Å². The summed E-state index contributed by atoms with van der Waals surface area (Å²) in [6, 6.07) is 11.4. The number of pyridine rings is 1. The largest absolute Gasteiger partial charge is 0.493 e. The third kappa shape index (κ3) is 5.87. The summed E-state index contributed by atoms with van der Waals surface area (Å²) < 4.78 is 11.2. The Morgan fingerprint density at radius 3 is 2.56 bits per heavy atom. The van der Waals surface area contributed by atoms with E-state index in [-0.39, 0.29) is 5.91 Å². The first-order valence-corrected chi connectivity index (χ1v) is 8.79. The highest BCUT2D eigenvalue weighted by Crippen LogP contribution is 2.20. The van der Waals surface area contributed by atoms with Gasteiger partial charge in [0.05, 0.1) is 6.61 Å². The van der Waals surface area contributed by atoms with Crippen LogP contribution in [0.15, 0.2) is 48.8 Å². The number of amides is 1. The Morgan fingerprint density at radius 1 is 1.12 bits per heavy atom. The van der Waals surface area contributed by atoms with E-state index < -0.39 is 0 Å². The number of ether oxygens (including phenoxy) is 2. The number of rotatable bonds is 7. The highest BCUT2D eigenvalue weighted by Gasteiger charge is 2.14. The fraction of sp³-hybridized carbons (Fsp3) is 0.400. The molecule has 1 saturated heterocycles. The summed E-state index contributed by atoms with van der Waals surface area (Å²) >= 11 is 0. The number of hydrogen-bond acceptors (Lipinski definition) is 4. The second-order valence-corrected chi connectivity index (χ2v) is 6.29. The molecule has 1 aliphatic heterocycles. The maximum Gasteiger partial charge on any atom is 0.224 e. The number of hydrogen-bond donors (Lipinski definition) is 1. The summed E-state index contributed by atoms with van der Waals surface area (Å²) in [5, 5.41) is 2.92. The van der Waals surface area contributed by atoms with Crippen LogP contribution < -0.4 is 10.1 Å². The van der Waals surface area contributed by atoms with Gasteiger partial charge >= 0.3 is 0 Å². The van der Waals surface area contributed by atoms with Gasteiger partial charge in [-0.2, -0.15) is 0 Å². The van der Waals surface area contributed by atoms with E-state index in [1.165, 1.54) is 0 Å². The molecule has 0 spiro atoms. The Hall–Kier alpha value is -2.40. The van der Waals surface area contributed by atoms with Crippen LogP contribution in [0.25, 0.3) is 0 Å². The van der Waals surface area contributed by atoms with Crippen molar-refractivity contribution in [2.75, 3.05) is 25.1 Å². The average Bonchev–Trinajstić information content (AvgIpc) is 2.67. The van der Waals surface area contributed by atoms with Gasteiger partial charge in [-0.05, 0) is 67.1 Å². The lowest BCUT2D eigenvalue weighted by molar-refractivity contribution is -0.116. The van der Waals surface area contributed by atoms with Crippen LogP contribution in [0.1, 0.15) is 24.8 Å². The van der Waals surface area contributed by atoms with Crippen LogP contribution in [0.2, 0.25) is 0 Å². The molecule has 1 aliphatic rings. The second-order valence-electron chi connectivity index (χ2n) is 6.29. The lowest BCUT2D eigenvalue weighted by Gasteiger charge is -2.22. The quantitative estimate of drug-likeness (QED) is 0.838. The van der Waals surface area contributed by atoms with Crippen LogP contribution in [0, 0.1) is 5.92 Å². The van der Waals surface area contributed by atoms with Crippen molar-refractivity contribution in [1.82, 2.24) is 4.98 Å². The van der Waals surface area contributed by atoms with Gasteiger partial charge in [-0.25, -0.2) is 0 Å². The molecule has 0 saturated carbocycles. The maximum atomic E-state index is 12.0. The Bertz CT molecular complexity index is 652. The van der Waals surface area contributed by atoms with E-state index in [2.05, 4.69) is 10.3 Å². The average molecular weight is 340 g/mol. The lowest BCUT2D eigenvalue weighted by Crippen LogP contribution is -2.21. The number of benzene rings is 1. The smallest absolute Gasteiger partial charge is 0.224 e. The van der Waals surface area contributed by atoms with Crippen molar-refractivity contribution < 1.29 is 14.3 Å². The number of aryl methyl sites for hydroxylation is 1. The predicted molar refractivity (Wildman–Crippen MR) is 96.7 cm³/mol. The molecular formula is C20H24N2O3. The van der Waals surface area contributed by atoms with Crippen molar-refractivity contribution in [1.29, 1.82) is 0 Å². The summed E-state index contributed by atoms with van der Waals surface area (Å²) in [4.78, 5) is 16.0. The standard InChI is InChI=1S/C20H24N2O3/c23-20(6-1-16-7-11-21-12-8-16)22-18-2-4-19(5-3-18)25-15-17-9-13-24-14-10-17/h2-5,7-8,11-12,17H,1,6,9-10,13-15H2,(H,22,23). The fourth-order valence-corrected chi connectivity index (χ4v) is 2.79. The molecule has 1 aromatic heterocycles. The van der Waals surface area contributed by atoms with Gasteiger partial charge in [0.15, 0.2) is 0 Å². The molecule has 2 heterocycles. The minimum atomic E-state index is 0.00712.